The Labute approximate surface area is 157 Å². The fraction of sp³-hybridized carbons (Fsp3) is 0.267. The Morgan fingerprint density at radius 3 is 3.00 bits per heavy atom. The van der Waals surface area contributed by atoms with Gasteiger partial charge >= 0.3 is 0 Å². The minimum atomic E-state index is -0.161. The van der Waals surface area contributed by atoms with Crippen molar-refractivity contribution in [3.8, 4) is 0 Å². The Hall–Kier alpha value is -2.04. The van der Waals surface area contributed by atoms with Gasteiger partial charge in [-0.15, -0.1) is 10.2 Å². The van der Waals surface area contributed by atoms with Gasteiger partial charge in [-0.2, -0.15) is 0 Å². The topological polar surface area (TPSA) is 88.3 Å². The van der Waals surface area contributed by atoms with Crippen LogP contribution in [0.15, 0.2) is 27.7 Å². The van der Waals surface area contributed by atoms with Gasteiger partial charge in [-0.25, -0.2) is 0 Å². The molecule has 3 heterocycles. The van der Waals surface area contributed by atoms with Crippen LogP contribution < -0.4 is 5.32 Å². The standard InChI is InChI=1S/C15H14N4O3S3/c1-9-17-18-14(24-9)16-12(20)5-2-6-19-13(21)11(25-15(19)23)8-10-4-3-7-22-10/h3-4,7-8H,2,5-6H2,1H3,(H,16,18,20)/b11-8+. The molecule has 1 saturated heterocycles. The van der Waals surface area contributed by atoms with Crippen molar-refractivity contribution in [2.45, 2.75) is 19.8 Å². The van der Waals surface area contributed by atoms with Gasteiger partial charge in [0.25, 0.3) is 5.91 Å². The minimum Gasteiger partial charge on any atom is -0.465 e. The fourth-order valence-corrected chi connectivity index (χ4v) is 4.02. The van der Waals surface area contributed by atoms with Crippen molar-refractivity contribution >= 4 is 62.7 Å². The maximum Gasteiger partial charge on any atom is 0.266 e. The highest BCUT2D eigenvalue weighted by Crippen LogP contribution is 2.32. The summed E-state index contributed by atoms with van der Waals surface area (Å²) in [5.41, 5.74) is 0. The van der Waals surface area contributed by atoms with Crippen molar-refractivity contribution in [1.29, 1.82) is 0 Å². The largest absolute Gasteiger partial charge is 0.465 e. The molecule has 0 atom stereocenters. The maximum absolute atomic E-state index is 12.4. The van der Waals surface area contributed by atoms with E-state index in [2.05, 4.69) is 15.5 Å². The first-order valence-corrected chi connectivity index (χ1v) is 9.46. The van der Waals surface area contributed by atoms with Crippen molar-refractivity contribution in [1.82, 2.24) is 15.1 Å². The number of carbonyl (C=O) groups is 2. The normalized spacial score (nSPS) is 16.0. The highest BCUT2D eigenvalue weighted by Gasteiger charge is 2.31. The van der Waals surface area contributed by atoms with Crippen molar-refractivity contribution in [2.24, 2.45) is 0 Å². The second kappa shape index (κ2) is 7.89. The molecule has 10 heteroatoms. The number of anilines is 1. The zero-order valence-electron chi connectivity index (χ0n) is 13.2. The summed E-state index contributed by atoms with van der Waals surface area (Å²) >= 11 is 7.81. The molecule has 0 bridgehead atoms. The van der Waals surface area contributed by atoms with Crippen LogP contribution in [0.4, 0.5) is 5.13 Å². The maximum atomic E-state index is 12.4. The molecule has 0 spiro atoms. The summed E-state index contributed by atoms with van der Waals surface area (Å²) in [6.07, 6.45) is 3.99. The van der Waals surface area contributed by atoms with Crippen LogP contribution in [0, 0.1) is 6.92 Å². The van der Waals surface area contributed by atoms with Crippen molar-refractivity contribution in [3.63, 3.8) is 0 Å². The van der Waals surface area contributed by atoms with Gasteiger partial charge in [-0.05, 0) is 25.5 Å². The third-order valence-electron chi connectivity index (χ3n) is 3.25. The molecule has 1 fully saturated rings. The zero-order chi connectivity index (χ0) is 17.8. The van der Waals surface area contributed by atoms with Crippen LogP contribution in [0.3, 0.4) is 0 Å². The first-order chi connectivity index (χ1) is 12.0. The molecule has 130 valence electrons. The summed E-state index contributed by atoms with van der Waals surface area (Å²) < 4.78 is 5.71. The Morgan fingerprint density at radius 1 is 1.48 bits per heavy atom. The van der Waals surface area contributed by atoms with E-state index in [0.29, 0.717) is 33.1 Å². The Kier molecular flexibility index (Phi) is 5.61. The number of thioether (sulfide) groups is 1. The molecule has 2 aromatic rings. The quantitative estimate of drug-likeness (QED) is 0.595. The van der Waals surface area contributed by atoms with E-state index in [9.17, 15) is 9.59 Å². The SMILES string of the molecule is Cc1nnc(NC(=O)CCCN2C(=O)/C(=C\c3ccco3)SC2=S)s1. The third kappa shape index (κ3) is 4.53. The Balaban J connectivity index is 1.50. The van der Waals surface area contributed by atoms with E-state index in [4.69, 9.17) is 16.6 Å². The smallest absolute Gasteiger partial charge is 0.266 e. The molecule has 25 heavy (non-hydrogen) atoms. The van der Waals surface area contributed by atoms with E-state index in [-0.39, 0.29) is 18.2 Å². The summed E-state index contributed by atoms with van der Waals surface area (Å²) in [7, 11) is 0. The first-order valence-electron chi connectivity index (χ1n) is 7.42. The molecule has 7 nitrogen and oxygen atoms in total. The van der Waals surface area contributed by atoms with E-state index < -0.39 is 0 Å². The lowest BCUT2D eigenvalue weighted by molar-refractivity contribution is -0.122. The number of thiocarbonyl (C=S) groups is 1. The fourth-order valence-electron chi connectivity index (χ4n) is 2.12. The molecular formula is C15H14N4O3S3. The molecule has 0 unspecified atom stereocenters. The van der Waals surface area contributed by atoms with Crippen LogP contribution in [-0.4, -0.2) is 37.8 Å². The average Bonchev–Trinajstić information content (AvgIpc) is 3.26. The van der Waals surface area contributed by atoms with Crippen LogP contribution in [0.1, 0.15) is 23.6 Å². The molecule has 0 aliphatic carbocycles. The van der Waals surface area contributed by atoms with Crippen LogP contribution in [0.25, 0.3) is 6.08 Å². The molecule has 0 saturated carbocycles. The van der Waals surface area contributed by atoms with Gasteiger partial charge in [0.1, 0.15) is 15.1 Å². The lowest BCUT2D eigenvalue weighted by Gasteiger charge is -2.13. The molecular weight excluding hydrogens is 380 g/mol. The van der Waals surface area contributed by atoms with Crippen LogP contribution in [0.2, 0.25) is 0 Å². The predicted molar refractivity (Wildman–Crippen MR) is 101 cm³/mol. The van der Waals surface area contributed by atoms with E-state index >= 15 is 0 Å². The Bertz CT molecular complexity index is 829. The van der Waals surface area contributed by atoms with Gasteiger partial charge in [0.2, 0.25) is 11.0 Å². The number of nitrogens with zero attached hydrogens (tertiary/aromatic N) is 3. The van der Waals surface area contributed by atoms with Crippen molar-refractivity contribution in [3.05, 3.63) is 34.1 Å². The molecule has 0 radical (unpaired) electrons. The molecule has 1 aliphatic rings. The van der Waals surface area contributed by atoms with E-state index in [1.54, 1.807) is 24.5 Å². The number of hydrogen-bond acceptors (Lipinski definition) is 8. The van der Waals surface area contributed by atoms with Gasteiger partial charge in [0.15, 0.2) is 0 Å². The van der Waals surface area contributed by atoms with Crippen molar-refractivity contribution < 1.29 is 14.0 Å². The number of furan rings is 1. The number of rotatable bonds is 6. The highest BCUT2D eigenvalue weighted by atomic mass is 32.2. The van der Waals surface area contributed by atoms with Gasteiger partial charge < -0.3 is 9.73 Å². The van der Waals surface area contributed by atoms with Crippen LogP contribution in [0.5, 0.6) is 0 Å². The van der Waals surface area contributed by atoms with E-state index in [1.807, 2.05) is 6.92 Å². The minimum absolute atomic E-state index is 0.160. The summed E-state index contributed by atoms with van der Waals surface area (Å²) in [5.74, 6) is 0.284. The Morgan fingerprint density at radius 2 is 2.32 bits per heavy atom. The first kappa shape index (κ1) is 17.8. The van der Waals surface area contributed by atoms with Gasteiger partial charge in [0.05, 0.1) is 11.2 Å². The van der Waals surface area contributed by atoms with Gasteiger partial charge in [-0.3, -0.25) is 14.5 Å². The summed E-state index contributed by atoms with van der Waals surface area (Å²) in [5, 5.41) is 11.6. The lowest BCUT2D eigenvalue weighted by atomic mass is 10.2. The number of carbonyl (C=O) groups excluding carboxylic acids is 2. The van der Waals surface area contributed by atoms with Crippen LogP contribution >= 0.6 is 35.3 Å². The molecule has 1 aliphatic heterocycles. The second-order valence-electron chi connectivity index (χ2n) is 5.13. The summed E-state index contributed by atoms with van der Waals surface area (Å²) in [4.78, 5) is 26.3. The monoisotopic (exact) mass is 394 g/mol. The zero-order valence-corrected chi connectivity index (χ0v) is 15.7. The summed E-state index contributed by atoms with van der Waals surface area (Å²) in [6.45, 7) is 2.21. The predicted octanol–water partition coefficient (Wildman–Crippen LogP) is 3.06. The molecule has 1 N–H and O–H groups in total. The summed E-state index contributed by atoms with van der Waals surface area (Å²) in [6, 6.07) is 3.52. The number of aryl methyl sites for hydroxylation is 1. The molecule has 2 aromatic heterocycles. The second-order valence-corrected chi connectivity index (χ2v) is 7.98. The number of nitrogens with one attached hydrogen (secondary N) is 1. The van der Waals surface area contributed by atoms with Crippen LogP contribution in [-0.2, 0) is 9.59 Å². The third-order valence-corrected chi connectivity index (χ3v) is 5.38. The van der Waals surface area contributed by atoms with Crippen molar-refractivity contribution in [2.75, 3.05) is 11.9 Å². The lowest BCUT2D eigenvalue weighted by Crippen LogP contribution is -2.29. The van der Waals surface area contributed by atoms with Gasteiger partial charge in [0, 0.05) is 19.0 Å². The number of amides is 2. The van der Waals surface area contributed by atoms with E-state index in [1.165, 1.54) is 28.0 Å². The number of aromatic nitrogens is 2. The average molecular weight is 395 g/mol. The van der Waals surface area contributed by atoms with E-state index in [0.717, 1.165) is 5.01 Å². The molecule has 0 aromatic carbocycles. The molecule has 2 amide bonds. The van der Waals surface area contributed by atoms with Gasteiger partial charge in [-0.1, -0.05) is 35.3 Å². The molecule has 3 rings (SSSR count). The number of hydrogen-bond donors (Lipinski definition) is 1. The highest BCUT2D eigenvalue weighted by molar-refractivity contribution is 8.26.